The predicted molar refractivity (Wildman–Crippen MR) is 81.3 cm³/mol. The minimum Gasteiger partial charge on any atom is -0.481 e. The highest BCUT2D eigenvalue weighted by Crippen LogP contribution is 2.25. The number of piperidine rings is 1. The second kappa shape index (κ2) is 8.17. The Morgan fingerprint density at radius 1 is 1.40 bits per heavy atom. The maximum Gasteiger partial charge on any atom is 0.422 e. The molecule has 0 spiro atoms. The highest BCUT2D eigenvalue weighted by Gasteiger charge is 2.31. The first-order valence-corrected chi connectivity index (χ1v) is 7.92. The van der Waals surface area contributed by atoms with Crippen molar-refractivity contribution in [3.8, 4) is 5.88 Å². The third-order valence-corrected chi connectivity index (χ3v) is 3.95. The van der Waals surface area contributed by atoms with Gasteiger partial charge in [0.05, 0.1) is 0 Å². The van der Waals surface area contributed by atoms with Gasteiger partial charge in [0.2, 0.25) is 5.88 Å². The minimum atomic E-state index is -4.52. The van der Waals surface area contributed by atoms with Crippen LogP contribution >= 0.6 is 0 Å². The SMILES string of the molecule is O=C(O)CCC1CCCN(C(=O)c2cccnc2OCC(F)(F)F)C1. The summed E-state index contributed by atoms with van der Waals surface area (Å²) in [5.41, 5.74) is -0.0226. The second-order valence-corrected chi connectivity index (χ2v) is 5.95. The van der Waals surface area contributed by atoms with Crippen molar-refractivity contribution in [3.05, 3.63) is 23.9 Å². The normalized spacial score (nSPS) is 18.0. The Hall–Kier alpha value is -2.32. The molecule has 25 heavy (non-hydrogen) atoms. The van der Waals surface area contributed by atoms with Crippen LogP contribution in [0.5, 0.6) is 5.88 Å². The molecule has 1 aromatic heterocycles. The summed E-state index contributed by atoms with van der Waals surface area (Å²) in [6.45, 7) is -0.679. The van der Waals surface area contributed by atoms with Crippen molar-refractivity contribution in [3.63, 3.8) is 0 Å². The summed E-state index contributed by atoms with van der Waals surface area (Å²) in [6, 6.07) is 2.83. The van der Waals surface area contributed by atoms with Crippen molar-refractivity contribution in [2.45, 2.75) is 31.9 Å². The summed E-state index contributed by atoms with van der Waals surface area (Å²) in [7, 11) is 0. The zero-order valence-corrected chi connectivity index (χ0v) is 13.5. The van der Waals surface area contributed by atoms with E-state index in [0.29, 0.717) is 19.5 Å². The van der Waals surface area contributed by atoms with Crippen molar-refractivity contribution in [2.75, 3.05) is 19.7 Å². The number of pyridine rings is 1. The van der Waals surface area contributed by atoms with Crippen molar-refractivity contribution in [1.29, 1.82) is 0 Å². The van der Waals surface area contributed by atoms with Crippen LogP contribution < -0.4 is 4.74 Å². The number of carbonyl (C=O) groups is 2. The van der Waals surface area contributed by atoms with E-state index in [0.717, 1.165) is 12.8 Å². The van der Waals surface area contributed by atoms with Gasteiger partial charge >= 0.3 is 12.1 Å². The number of rotatable bonds is 6. The van der Waals surface area contributed by atoms with E-state index >= 15 is 0 Å². The van der Waals surface area contributed by atoms with Crippen LogP contribution in [0.25, 0.3) is 0 Å². The number of ether oxygens (including phenoxy) is 1. The number of amides is 1. The predicted octanol–water partition coefficient (Wildman–Crippen LogP) is 2.74. The highest BCUT2D eigenvalue weighted by atomic mass is 19.4. The molecule has 1 aromatic rings. The molecule has 2 rings (SSSR count). The third-order valence-electron chi connectivity index (χ3n) is 3.95. The van der Waals surface area contributed by atoms with Crippen LogP contribution in [0.1, 0.15) is 36.0 Å². The van der Waals surface area contributed by atoms with Crippen LogP contribution in [0.3, 0.4) is 0 Å². The van der Waals surface area contributed by atoms with E-state index in [1.165, 1.54) is 23.2 Å². The lowest BCUT2D eigenvalue weighted by molar-refractivity contribution is -0.154. The summed E-state index contributed by atoms with van der Waals surface area (Å²) >= 11 is 0. The second-order valence-electron chi connectivity index (χ2n) is 5.95. The highest BCUT2D eigenvalue weighted by molar-refractivity contribution is 5.96. The summed E-state index contributed by atoms with van der Waals surface area (Å²) in [5.74, 6) is -1.63. The van der Waals surface area contributed by atoms with Gasteiger partial charge in [-0.05, 0) is 37.3 Å². The number of likely N-dealkylation sites (tertiary alicyclic amines) is 1. The Morgan fingerprint density at radius 3 is 2.84 bits per heavy atom. The molecule has 0 radical (unpaired) electrons. The molecule has 1 saturated heterocycles. The summed E-state index contributed by atoms with van der Waals surface area (Å²) in [6.07, 6.45) is -1.24. The first-order valence-electron chi connectivity index (χ1n) is 7.92. The van der Waals surface area contributed by atoms with Crippen LogP contribution in [0.4, 0.5) is 13.2 Å². The lowest BCUT2D eigenvalue weighted by atomic mass is 9.93. The molecule has 1 unspecified atom stereocenters. The summed E-state index contributed by atoms with van der Waals surface area (Å²) in [5, 5.41) is 8.76. The van der Waals surface area contributed by atoms with Gasteiger partial charge in [0, 0.05) is 25.7 Å². The molecule has 0 saturated carbocycles. The van der Waals surface area contributed by atoms with Crippen LogP contribution in [0.2, 0.25) is 0 Å². The van der Waals surface area contributed by atoms with Crippen LogP contribution in [-0.2, 0) is 4.79 Å². The molecule has 1 N–H and O–H groups in total. The number of nitrogens with zero attached hydrogens (tertiary/aromatic N) is 2. The van der Waals surface area contributed by atoms with E-state index in [-0.39, 0.29) is 23.8 Å². The number of alkyl halides is 3. The van der Waals surface area contributed by atoms with Gasteiger partial charge in [-0.1, -0.05) is 0 Å². The quantitative estimate of drug-likeness (QED) is 0.844. The van der Waals surface area contributed by atoms with Crippen molar-refractivity contribution < 1.29 is 32.6 Å². The Bertz CT molecular complexity index is 622. The van der Waals surface area contributed by atoms with E-state index in [1.54, 1.807) is 0 Å². The van der Waals surface area contributed by atoms with E-state index in [2.05, 4.69) is 9.72 Å². The van der Waals surface area contributed by atoms with E-state index in [4.69, 9.17) is 5.11 Å². The number of hydrogen-bond donors (Lipinski definition) is 1. The van der Waals surface area contributed by atoms with Gasteiger partial charge in [-0.25, -0.2) is 4.98 Å². The average Bonchev–Trinajstić information content (AvgIpc) is 2.57. The van der Waals surface area contributed by atoms with Gasteiger partial charge in [0.1, 0.15) is 5.56 Å². The number of halogens is 3. The Morgan fingerprint density at radius 2 is 2.16 bits per heavy atom. The molecule has 1 atom stereocenters. The molecule has 0 aliphatic carbocycles. The van der Waals surface area contributed by atoms with Crippen LogP contribution in [0.15, 0.2) is 18.3 Å². The molecule has 1 fully saturated rings. The number of aliphatic carboxylic acids is 1. The lowest BCUT2D eigenvalue weighted by Gasteiger charge is -2.32. The molecule has 1 amide bonds. The monoisotopic (exact) mass is 360 g/mol. The number of hydrogen-bond acceptors (Lipinski definition) is 4. The maximum absolute atomic E-state index is 12.6. The van der Waals surface area contributed by atoms with Gasteiger partial charge in [-0.2, -0.15) is 13.2 Å². The molecule has 1 aliphatic heterocycles. The van der Waals surface area contributed by atoms with Gasteiger partial charge < -0.3 is 14.7 Å². The molecule has 2 heterocycles. The third kappa shape index (κ3) is 5.91. The van der Waals surface area contributed by atoms with Gasteiger partial charge in [-0.3, -0.25) is 9.59 Å². The number of carboxylic acids is 1. The average molecular weight is 360 g/mol. The first-order chi connectivity index (χ1) is 11.8. The first kappa shape index (κ1) is 19.0. The Kier molecular flexibility index (Phi) is 6.22. The van der Waals surface area contributed by atoms with Gasteiger partial charge in [0.25, 0.3) is 5.91 Å². The fourth-order valence-corrected chi connectivity index (χ4v) is 2.80. The molecule has 138 valence electrons. The molecular weight excluding hydrogens is 341 g/mol. The number of aromatic nitrogens is 1. The number of carbonyl (C=O) groups excluding carboxylic acids is 1. The van der Waals surface area contributed by atoms with Crippen molar-refractivity contribution in [2.24, 2.45) is 5.92 Å². The van der Waals surface area contributed by atoms with Crippen molar-refractivity contribution in [1.82, 2.24) is 9.88 Å². The van der Waals surface area contributed by atoms with Crippen LogP contribution in [0, 0.1) is 5.92 Å². The zero-order chi connectivity index (χ0) is 18.4. The minimum absolute atomic E-state index is 0.0226. The molecular formula is C16H19F3N2O4. The topological polar surface area (TPSA) is 79.7 Å². The van der Waals surface area contributed by atoms with E-state index < -0.39 is 24.7 Å². The summed E-state index contributed by atoms with van der Waals surface area (Å²) < 4.78 is 41.7. The van der Waals surface area contributed by atoms with Crippen LogP contribution in [-0.4, -0.2) is 52.7 Å². The molecule has 1 aliphatic rings. The van der Waals surface area contributed by atoms with E-state index in [9.17, 15) is 22.8 Å². The molecule has 9 heteroatoms. The Labute approximate surface area is 142 Å². The standard InChI is InChI=1S/C16H19F3N2O4/c17-16(18,19)10-25-14-12(4-1-7-20-14)15(24)21-8-2-3-11(9-21)5-6-13(22)23/h1,4,7,11H,2-3,5-6,8-10H2,(H,22,23). The maximum atomic E-state index is 12.6. The molecule has 6 nitrogen and oxygen atoms in total. The lowest BCUT2D eigenvalue weighted by Crippen LogP contribution is -2.40. The zero-order valence-electron chi connectivity index (χ0n) is 13.5. The fourth-order valence-electron chi connectivity index (χ4n) is 2.80. The largest absolute Gasteiger partial charge is 0.481 e. The van der Waals surface area contributed by atoms with Gasteiger partial charge in [0.15, 0.2) is 6.61 Å². The van der Waals surface area contributed by atoms with Gasteiger partial charge in [-0.15, -0.1) is 0 Å². The fraction of sp³-hybridized carbons (Fsp3) is 0.562. The molecule has 0 bridgehead atoms. The molecule has 0 aromatic carbocycles. The smallest absolute Gasteiger partial charge is 0.422 e. The Balaban J connectivity index is 2.05. The van der Waals surface area contributed by atoms with E-state index in [1.807, 2.05) is 0 Å². The summed E-state index contributed by atoms with van der Waals surface area (Å²) in [4.78, 5) is 28.6. The van der Waals surface area contributed by atoms with Crippen molar-refractivity contribution >= 4 is 11.9 Å². The number of carboxylic acid groups (broad SMARTS) is 1.